The first-order valence-corrected chi connectivity index (χ1v) is 10.7. The quantitative estimate of drug-likeness (QED) is 0.416. The van der Waals surface area contributed by atoms with E-state index >= 15 is 0 Å². The lowest BCUT2D eigenvalue weighted by molar-refractivity contribution is 0.0972. The van der Waals surface area contributed by atoms with Crippen molar-refractivity contribution in [1.29, 1.82) is 0 Å². The van der Waals surface area contributed by atoms with Crippen LogP contribution in [-0.4, -0.2) is 48.8 Å². The molecule has 2 heterocycles. The summed E-state index contributed by atoms with van der Waals surface area (Å²) >= 11 is 7.39. The lowest BCUT2D eigenvalue weighted by Crippen LogP contribution is -2.21. The first-order valence-electron chi connectivity index (χ1n) is 9.46. The van der Waals surface area contributed by atoms with Crippen LogP contribution in [0.2, 0.25) is 5.02 Å². The molecule has 2 unspecified atom stereocenters. The van der Waals surface area contributed by atoms with Gasteiger partial charge in [0.05, 0.1) is 10.3 Å². The van der Waals surface area contributed by atoms with Gasteiger partial charge in [-0.05, 0) is 51.5 Å². The number of aliphatic hydroxyl groups excluding tert-OH is 1. The molecule has 0 bridgehead atoms. The largest absolute Gasteiger partial charge is 0.396 e. The van der Waals surface area contributed by atoms with E-state index in [0.29, 0.717) is 10.8 Å². The summed E-state index contributed by atoms with van der Waals surface area (Å²) in [5.41, 5.74) is 0.0735. The molecule has 10 heteroatoms. The van der Waals surface area contributed by atoms with Crippen molar-refractivity contribution in [3.05, 3.63) is 29.1 Å². The molecule has 0 amide bonds. The molecule has 28 heavy (non-hydrogen) atoms. The molecule has 8 nitrogen and oxygen atoms in total. The van der Waals surface area contributed by atoms with E-state index in [2.05, 4.69) is 36.4 Å². The van der Waals surface area contributed by atoms with Crippen molar-refractivity contribution in [3.8, 4) is 0 Å². The third-order valence-electron chi connectivity index (χ3n) is 4.96. The van der Waals surface area contributed by atoms with Gasteiger partial charge in [-0.25, -0.2) is 9.97 Å². The topological polar surface area (TPSA) is 98.0 Å². The smallest absolute Gasteiger partial charge is 0.235 e. The van der Waals surface area contributed by atoms with Crippen LogP contribution in [0.1, 0.15) is 57.3 Å². The minimum Gasteiger partial charge on any atom is -0.396 e. The van der Waals surface area contributed by atoms with Crippen LogP contribution >= 0.6 is 23.5 Å². The fourth-order valence-corrected chi connectivity index (χ4v) is 3.97. The van der Waals surface area contributed by atoms with Crippen molar-refractivity contribution in [1.82, 2.24) is 24.7 Å². The van der Waals surface area contributed by atoms with Gasteiger partial charge in [-0.3, -0.25) is 9.29 Å². The summed E-state index contributed by atoms with van der Waals surface area (Å²) in [4.78, 5) is 8.55. The SMILES string of the molecule is COC(c1ncc(Cl)cn1)C(C)SNc1nnc(CCCCO)n1C1(C)CC1. The molecule has 3 rings (SSSR count). The predicted octanol–water partition coefficient (Wildman–Crippen LogP) is 3.38. The van der Waals surface area contributed by atoms with Crippen molar-refractivity contribution < 1.29 is 9.84 Å². The van der Waals surface area contributed by atoms with Crippen molar-refractivity contribution in [2.45, 2.75) is 62.8 Å². The Morgan fingerprint density at radius 1 is 1.32 bits per heavy atom. The molecule has 1 saturated carbocycles. The number of aromatic nitrogens is 5. The van der Waals surface area contributed by atoms with Gasteiger partial charge >= 0.3 is 0 Å². The van der Waals surface area contributed by atoms with Crippen LogP contribution in [-0.2, 0) is 16.7 Å². The average molecular weight is 427 g/mol. The lowest BCUT2D eigenvalue weighted by Gasteiger charge is -2.22. The minimum atomic E-state index is -0.285. The predicted molar refractivity (Wildman–Crippen MR) is 110 cm³/mol. The second-order valence-electron chi connectivity index (χ2n) is 7.29. The normalized spacial score (nSPS) is 17.3. The summed E-state index contributed by atoms with van der Waals surface area (Å²) in [6, 6.07) is 0. The number of hydrogen-bond donors (Lipinski definition) is 2. The first-order chi connectivity index (χ1) is 13.5. The lowest BCUT2D eigenvalue weighted by atomic mass is 10.2. The highest BCUT2D eigenvalue weighted by molar-refractivity contribution is 8.01. The zero-order valence-corrected chi connectivity index (χ0v) is 18.0. The van der Waals surface area contributed by atoms with Gasteiger partial charge in [-0.15, -0.1) is 10.2 Å². The van der Waals surface area contributed by atoms with E-state index in [-0.39, 0.29) is 23.5 Å². The fraction of sp³-hybridized carbons (Fsp3) is 0.667. The number of rotatable bonds is 11. The summed E-state index contributed by atoms with van der Waals surface area (Å²) in [6.45, 7) is 4.48. The summed E-state index contributed by atoms with van der Waals surface area (Å²) in [5.74, 6) is 2.31. The van der Waals surface area contributed by atoms with E-state index in [0.717, 1.165) is 43.9 Å². The maximum atomic E-state index is 9.03. The molecule has 0 radical (unpaired) electrons. The van der Waals surface area contributed by atoms with E-state index in [1.165, 1.54) is 11.9 Å². The second-order valence-corrected chi connectivity index (χ2v) is 8.91. The van der Waals surface area contributed by atoms with E-state index in [1.807, 2.05) is 6.92 Å². The zero-order chi connectivity index (χ0) is 20.1. The molecule has 1 fully saturated rings. The number of unbranched alkanes of at least 4 members (excludes halogenated alkanes) is 1. The molecule has 0 spiro atoms. The Balaban J connectivity index is 1.68. The van der Waals surface area contributed by atoms with E-state index in [4.69, 9.17) is 21.4 Å². The number of hydrogen-bond acceptors (Lipinski definition) is 8. The average Bonchev–Trinajstić information content (AvgIpc) is 3.29. The molecule has 1 aliphatic rings. The molecule has 1 aliphatic carbocycles. The summed E-state index contributed by atoms with van der Waals surface area (Å²) in [5, 5.41) is 18.3. The highest BCUT2D eigenvalue weighted by atomic mass is 35.5. The summed E-state index contributed by atoms with van der Waals surface area (Å²) in [6.07, 6.45) is 7.58. The van der Waals surface area contributed by atoms with Gasteiger partial charge < -0.3 is 9.84 Å². The molecule has 0 aromatic carbocycles. The molecule has 2 N–H and O–H groups in total. The van der Waals surface area contributed by atoms with Gasteiger partial charge in [0.25, 0.3) is 0 Å². The minimum absolute atomic E-state index is 0.0289. The number of nitrogens with one attached hydrogen (secondary N) is 1. The molecular formula is C18H27ClN6O2S. The first kappa shape index (κ1) is 21.3. The van der Waals surface area contributed by atoms with Crippen molar-refractivity contribution in [3.63, 3.8) is 0 Å². The van der Waals surface area contributed by atoms with Gasteiger partial charge in [0.15, 0.2) is 5.82 Å². The van der Waals surface area contributed by atoms with Crippen LogP contribution in [0.5, 0.6) is 0 Å². The van der Waals surface area contributed by atoms with Gasteiger partial charge in [-0.1, -0.05) is 11.6 Å². The van der Waals surface area contributed by atoms with Crippen LogP contribution in [0, 0.1) is 0 Å². The number of methoxy groups -OCH3 is 1. The fourth-order valence-electron chi connectivity index (χ4n) is 3.09. The summed E-state index contributed by atoms with van der Waals surface area (Å²) < 4.78 is 11.2. The highest BCUT2D eigenvalue weighted by Crippen LogP contribution is 2.45. The Labute approximate surface area is 174 Å². The summed E-state index contributed by atoms with van der Waals surface area (Å²) in [7, 11) is 1.65. The standard InChI is InChI=1S/C18H27ClN6O2S/c1-12(15(27-3)16-20-10-13(19)11-21-16)28-24-17-23-22-14(6-4-5-9-26)25(17)18(2)7-8-18/h10-12,15,26H,4-9H2,1-3H3,(H,23,24). The van der Waals surface area contributed by atoms with Crippen molar-refractivity contribution in [2.24, 2.45) is 0 Å². The second kappa shape index (κ2) is 9.39. The van der Waals surface area contributed by atoms with Crippen LogP contribution in [0.3, 0.4) is 0 Å². The van der Waals surface area contributed by atoms with E-state index in [9.17, 15) is 0 Å². The third-order valence-corrected chi connectivity index (χ3v) is 6.08. The maximum Gasteiger partial charge on any atom is 0.235 e. The molecule has 2 aromatic rings. The highest BCUT2D eigenvalue weighted by Gasteiger charge is 2.43. The monoisotopic (exact) mass is 426 g/mol. The molecule has 2 atom stereocenters. The van der Waals surface area contributed by atoms with Gasteiger partial charge in [0, 0.05) is 38.1 Å². The Morgan fingerprint density at radius 2 is 2.04 bits per heavy atom. The maximum absolute atomic E-state index is 9.03. The van der Waals surface area contributed by atoms with Crippen LogP contribution < -0.4 is 4.72 Å². The number of nitrogens with zero attached hydrogens (tertiary/aromatic N) is 5. The molecule has 0 aliphatic heterocycles. The number of aryl methyl sites for hydroxylation is 1. The van der Waals surface area contributed by atoms with Crippen LogP contribution in [0.15, 0.2) is 12.4 Å². The van der Waals surface area contributed by atoms with Crippen LogP contribution in [0.25, 0.3) is 0 Å². The zero-order valence-electron chi connectivity index (χ0n) is 16.4. The Hall–Kier alpha value is -1.42. The van der Waals surface area contributed by atoms with Crippen LogP contribution in [0.4, 0.5) is 5.95 Å². The molecule has 154 valence electrons. The van der Waals surface area contributed by atoms with Gasteiger partial charge in [0.1, 0.15) is 11.9 Å². The number of halogens is 1. The van der Waals surface area contributed by atoms with E-state index in [1.54, 1.807) is 19.5 Å². The van der Waals surface area contributed by atoms with Gasteiger partial charge in [0.2, 0.25) is 5.95 Å². The molecule has 2 aromatic heterocycles. The number of aliphatic hydroxyl groups is 1. The third kappa shape index (κ3) is 4.94. The van der Waals surface area contributed by atoms with Crippen molar-refractivity contribution >= 4 is 29.5 Å². The molecule has 0 saturated heterocycles. The Morgan fingerprint density at radius 3 is 2.64 bits per heavy atom. The Bertz CT molecular complexity index is 768. The Kier molecular flexibility index (Phi) is 7.14. The number of ether oxygens (including phenoxy) is 1. The molecular weight excluding hydrogens is 400 g/mol. The number of anilines is 1. The van der Waals surface area contributed by atoms with E-state index < -0.39 is 0 Å². The van der Waals surface area contributed by atoms with Gasteiger partial charge in [-0.2, -0.15) is 0 Å². The van der Waals surface area contributed by atoms with Crippen molar-refractivity contribution in [2.75, 3.05) is 18.4 Å².